The number of aryl methyl sites for hydroxylation is 1. The van der Waals surface area contributed by atoms with Crippen LogP contribution in [0.15, 0.2) is 297 Å². The fourth-order valence-electron chi connectivity index (χ4n) is 22.0. The van der Waals surface area contributed by atoms with Crippen molar-refractivity contribution in [2.45, 2.75) is 227 Å². The van der Waals surface area contributed by atoms with E-state index in [0.717, 1.165) is 179 Å². The Kier molecular flexibility index (Phi) is 36.1. The Morgan fingerprint density at radius 3 is 0.806 bits per heavy atom. The van der Waals surface area contributed by atoms with Gasteiger partial charge in [0.2, 0.25) is 0 Å². The summed E-state index contributed by atoms with van der Waals surface area (Å²) < 4.78 is 0. The van der Waals surface area contributed by atoms with Gasteiger partial charge in [-0.2, -0.15) is 0 Å². The zero-order valence-corrected chi connectivity index (χ0v) is 85.8. The number of halogens is 8. The summed E-state index contributed by atoms with van der Waals surface area (Å²) in [5, 5.41) is 4.11. The highest BCUT2D eigenvalue weighted by atomic mass is 35.5. The molecule has 0 radical (unpaired) electrons. The summed E-state index contributed by atoms with van der Waals surface area (Å²) in [6, 6.07) is 82.0. The second-order valence-corrected chi connectivity index (χ2v) is 41.8. The highest BCUT2D eigenvalue weighted by Gasteiger charge is 2.34. The summed E-state index contributed by atoms with van der Waals surface area (Å²) in [7, 11) is 0. The van der Waals surface area contributed by atoms with E-state index in [-0.39, 0.29) is 57.4 Å². The predicted octanol–water partition coefficient (Wildman–Crippen LogP) is 26.0. The summed E-state index contributed by atoms with van der Waals surface area (Å²) in [5.41, 5.74) is 14.9. The van der Waals surface area contributed by atoms with Crippen molar-refractivity contribution in [3.63, 3.8) is 0 Å². The Bertz CT molecular complexity index is 7450. The number of nitrogens with one attached hydrogen (secondary N) is 10. The molecule has 5 fully saturated rings. The summed E-state index contributed by atoms with van der Waals surface area (Å²) in [6.07, 6.45) is 21.6. The monoisotopic (exact) mass is 2090 g/mol. The van der Waals surface area contributed by atoms with Crippen LogP contribution >= 0.6 is 92.8 Å². The van der Waals surface area contributed by atoms with Crippen molar-refractivity contribution in [3.05, 3.63) is 511 Å². The molecule has 5 aliphatic carbocycles. The minimum Gasteiger partial charge on any atom is -0.311 e. The number of benzene rings is 10. The van der Waals surface area contributed by atoms with Crippen molar-refractivity contribution in [3.8, 4) is 0 Å². The largest absolute Gasteiger partial charge is 0.325 e. The Labute approximate surface area is 873 Å². The zero-order chi connectivity index (χ0) is 101. The lowest BCUT2D eigenvalue weighted by Gasteiger charge is -2.29. The van der Waals surface area contributed by atoms with E-state index >= 15 is 0 Å². The smallest absolute Gasteiger partial charge is 0.311 e. The van der Waals surface area contributed by atoms with Crippen LogP contribution < -0.4 is 56.2 Å². The maximum absolute atomic E-state index is 12.7. The molecule has 5 saturated carbocycles. The Morgan fingerprint density at radius 1 is 0.208 bits per heavy atom. The normalized spacial score (nSPS) is 19.3. The van der Waals surface area contributed by atoms with E-state index in [4.69, 9.17) is 92.8 Å². The molecule has 20 rings (SSSR count). The first-order chi connectivity index (χ1) is 69.7. The number of rotatable bonds is 20. The highest BCUT2D eigenvalue weighted by molar-refractivity contribution is 6.42. The van der Waals surface area contributed by atoms with Crippen molar-refractivity contribution in [2.24, 2.45) is 0 Å². The van der Waals surface area contributed by atoms with E-state index in [1.54, 1.807) is 54.6 Å². The molecule has 0 amide bonds. The maximum Gasteiger partial charge on any atom is 0.325 e. The van der Waals surface area contributed by atoms with Crippen molar-refractivity contribution in [2.75, 3.05) is 0 Å². The third kappa shape index (κ3) is 27.2. The maximum atomic E-state index is 12.7. The molecule has 15 aromatic rings. The van der Waals surface area contributed by atoms with Crippen LogP contribution in [0.3, 0.4) is 0 Å². The van der Waals surface area contributed by atoms with E-state index in [2.05, 4.69) is 177 Å². The van der Waals surface area contributed by atoms with Gasteiger partial charge in [0.05, 0.1) is 10.0 Å². The molecule has 144 heavy (non-hydrogen) atoms. The van der Waals surface area contributed by atoms with Gasteiger partial charge < -0.3 is 24.9 Å². The van der Waals surface area contributed by atoms with E-state index in [1.807, 2.05) is 73.7 Å². The highest BCUT2D eigenvalue weighted by Crippen LogP contribution is 2.47. The molecule has 10 aromatic carbocycles. The summed E-state index contributed by atoms with van der Waals surface area (Å²) in [5.74, 6) is 3.47. The fraction of sp³-hybridized carbons (Fsp3) is 0.310. The molecule has 0 bridgehead atoms. The van der Waals surface area contributed by atoms with Gasteiger partial charge in [0, 0.05) is 119 Å². The van der Waals surface area contributed by atoms with Crippen LogP contribution in [0.2, 0.25) is 40.2 Å². The average molecular weight is 2090 g/mol. The molecule has 5 aromatic heterocycles. The second kappa shape index (κ2) is 49.7. The van der Waals surface area contributed by atoms with Gasteiger partial charge in [0.15, 0.2) is 0 Å². The lowest BCUT2D eigenvalue weighted by Crippen LogP contribution is -2.30. The molecular weight excluding hydrogens is 1980 g/mol. The predicted molar refractivity (Wildman–Crippen MR) is 581 cm³/mol. The van der Waals surface area contributed by atoms with Gasteiger partial charge >= 0.3 is 28.4 Å². The van der Waals surface area contributed by atoms with Crippen molar-refractivity contribution in [1.29, 1.82) is 0 Å². The van der Waals surface area contributed by atoms with Crippen LogP contribution in [-0.4, -0.2) is 49.8 Å². The van der Waals surface area contributed by atoms with Crippen LogP contribution in [0.5, 0.6) is 0 Å². The van der Waals surface area contributed by atoms with Crippen LogP contribution in [0.25, 0.3) is 0 Å². The molecule has 0 unspecified atom stereocenters. The topological polar surface area (TPSA) is 329 Å². The number of aromatic nitrogens is 10. The van der Waals surface area contributed by atoms with Gasteiger partial charge in [-0.3, -0.25) is 48.9 Å². The quantitative estimate of drug-likeness (QED) is 0.0344. The summed E-state index contributed by atoms with van der Waals surface area (Å²) in [4.78, 5) is 150. The third-order valence-electron chi connectivity index (χ3n) is 29.4. The average Bonchev–Trinajstić information content (AvgIpc) is 0.815. The van der Waals surface area contributed by atoms with Crippen molar-refractivity contribution >= 4 is 92.8 Å². The SMILES string of the molecule is Cc1cccc(Cc2c(C3CCC(c4ccccc4)CC3)[nH]c(=O)[nH]c2=O)c1.O=c1[nH]c(C2CCC(c3ccccc3)CC2)c(Cc2c(Cl)cccc2Cl)c(=O)[nH]1.O=c1[nH]c(C2CCC(c3ccccc3)CC2)c(Cc2cc(Cl)ccc2Cl)c(=O)[nH]1.O=c1[nH]c(C2CCC(c3ccccc3)CC2)c(Cc2ccc(Cl)cc2Cl)c(=O)[nH]1.O=c1[nH]c(C2CCC(c3ccccc3)CC2)c(Cc2cccc(Cl)c2Cl)c(=O)[nH]1. The Balaban J connectivity index is 0.000000129. The minimum atomic E-state index is -0.468. The summed E-state index contributed by atoms with van der Waals surface area (Å²) in [6.45, 7) is 2.05. The van der Waals surface area contributed by atoms with Gasteiger partial charge in [0.1, 0.15) is 0 Å². The van der Waals surface area contributed by atoms with Gasteiger partial charge in [-0.25, -0.2) is 24.0 Å². The Hall–Kier alpha value is -12.1. The molecular formula is C116H114Cl8N10O10. The third-order valence-corrected chi connectivity index (χ3v) is 32.2. The molecule has 0 atom stereocenters. The standard InChI is InChI=1S/C24H26N2O2.4C23H22Cl2N2O2/c1-16-6-5-7-17(14-16)15-21-22(25-24(28)26-23(21)27)20-12-10-19(11-13-20)18-8-3-2-4-9-18;24-19-7-4-8-20(25)17(19)13-18-21(26-23(29)27-22(18)28)16-11-9-15(10-12-16)14-5-2-1-3-6-14;24-19-8-4-7-17(20(19)25)13-18-21(26-23(29)27-22(18)28)16-11-9-15(10-12-16)14-5-2-1-3-6-14;24-18-10-11-20(25)17(12-18)13-19-21(26-23(29)27-22(19)28)16-8-6-15(7-9-16)14-4-2-1-3-5-14;24-18-11-10-17(20(25)13-18)12-19-21(26-23(29)27-22(19)28)16-8-6-15(7-9-16)14-4-2-1-3-5-14/h2-9,14,19-20H,10-13,15H2,1H3,(H2,25,26,27,28);2*1-8,15-16H,9-13H2,(H2,26,27,28,29);1-5,10-12,15-16H,6-9,13H2,(H2,26,27,28,29);1-5,10-11,13,15-16H,6-9,12H2,(H2,26,27,28,29). The Morgan fingerprint density at radius 2 is 0.479 bits per heavy atom. The van der Waals surface area contributed by atoms with Crippen LogP contribution in [0.1, 0.15) is 305 Å². The number of H-pyrrole nitrogens is 10. The lowest BCUT2D eigenvalue weighted by atomic mass is 9.76. The van der Waals surface area contributed by atoms with E-state index < -0.39 is 28.4 Å². The first kappa shape index (κ1) is 105. The minimum absolute atomic E-state index is 0.140. The first-order valence-corrected chi connectivity index (χ1v) is 52.5. The molecule has 5 aliphatic rings. The molecule has 28 heteroatoms. The molecule has 0 aliphatic heterocycles. The number of aromatic amines is 10. The van der Waals surface area contributed by atoms with Crippen LogP contribution in [-0.2, 0) is 32.1 Å². The van der Waals surface area contributed by atoms with E-state index in [1.165, 1.54) is 33.4 Å². The first-order valence-electron chi connectivity index (χ1n) is 49.5. The lowest BCUT2D eigenvalue weighted by molar-refractivity contribution is 0.388. The van der Waals surface area contributed by atoms with Crippen LogP contribution in [0.4, 0.5) is 0 Å². The fourth-order valence-corrected chi connectivity index (χ4v) is 23.7. The zero-order valence-electron chi connectivity index (χ0n) is 79.7. The molecule has 10 N–H and O–H groups in total. The molecule has 0 saturated heterocycles. The van der Waals surface area contributed by atoms with Gasteiger partial charge in [0.25, 0.3) is 27.8 Å². The van der Waals surface area contributed by atoms with Gasteiger partial charge in [-0.05, 0) is 299 Å². The molecule has 5 heterocycles. The summed E-state index contributed by atoms with van der Waals surface area (Å²) >= 11 is 49.8. The van der Waals surface area contributed by atoms with Crippen LogP contribution in [0, 0.1) is 6.92 Å². The molecule has 0 spiro atoms. The molecule has 20 nitrogen and oxygen atoms in total. The van der Waals surface area contributed by atoms with Gasteiger partial charge in [-0.15, -0.1) is 0 Å². The van der Waals surface area contributed by atoms with E-state index in [0.29, 0.717) is 135 Å². The van der Waals surface area contributed by atoms with Crippen molar-refractivity contribution < 1.29 is 0 Å². The number of hydrogen-bond donors (Lipinski definition) is 10. The molecule has 744 valence electrons. The number of hydrogen-bond acceptors (Lipinski definition) is 10. The van der Waals surface area contributed by atoms with Crippen molar-refractivity contribution in [1.82, 2.24) is 49.8 Å². The van der Waals surface area contributed by atoms with Gasteiger partial charge in [-0.1, -0.05) is 299 Å². The van der Waals surface area contributed by atoms with E-state index in [9.17, 15) is 47.9 Å². The second-order valence-electron chi connectivity index (χ2n) is 38.6.